The first-order valence-electron chi connectivity index (χ1n) is 2.82. The monoisotopic (exact) mass is 150 g/mol. The summed E-state index contributed by atoms with van der Waals surface area (Å²) in [5.74, 6) is 0. The van der Waals surface area contributed by atoms with Crippen LogP contribution in [-0.2, 0) is 0 Å². The van der Waals surface area contributed by atoms with Crippen molar-refractivity contribution in [3.8, 4) is 0 Å². The molecule has 2 rings (SSSR count). The van der Waals surface area contributed by atoms with Crippen molar-refractivity contribution in [2.45, 2.75) is 0 Å². The third kappa shape index (κ3) is 0.823. The van der Waals surface area contributed by atoms with E-state index < -0.39 is 0 Å². The molecule has 0 spiro atoms. The Bertz CT molecular complexity index is 273. The first-order chi connectivity index (χ1) is 4.97. The van der Waals surface area contributed by atoms with Gasteiger partial charge in [0.15, 0.2) is 0 Å². The Balaban J connectivity index is 2.30. The Labute approximate surface area is 62.2 Å². The summed E-state index contributed by atoms with van der Waals surface area (Å²) in [4.78, 5) is 1.02. The molecule has 1 aromatic rings. The fourth-order valence-electron chi connectivity index (χ4n) is 0.726. The second-order valence-electron chi connectivity index (χ2n) is 1.80. The van der Waals surface area contributed by atoms with Gasteiger partial charge >= 0.3 is 0 Å². The molecule has 0 N–H and O–H groups in total. The summed E-state index contributed by atoms with van der Waals surface area (Å²) >= 11 is 1.36. The normalized spacial score (nSPS) is 15.0. The zero-order chi connectivity index (χ0) is 6.81. The molecule has 10 heavy (non-hydrogen) atoms. The van der Waals surface area contributed by atoms with E-state index in [0.29, 0.717) is 0 Å². The molecule has 4 heteroatoms. The summed E-state index contributed by atoms with van der Waals surface area (Å²) in [6, 6.07) is 0. The summed E-state index contributed by atoms with van der Waals surface area (Å²) in [6.07, 6.45) is 7.31. The van der Waals surface area contributed by atoms with Crippen LogP contribution in [0.25, 0.3) is 5.70 Å². The Kier molecular flexibility index (Phi) is 1.25. The second kappa shape index (κ2) is 2.22. The fraction of sp³-hybridized carbons (Fsp3) is 0. The fourth-order valence-corrected chi connectivity index (χ4v) is 1.22. The molecule has 1 aliphatic heterocycles. The molecule has 0 saturated heterocycles. The van der Waals surface area contributed by atoms with Crippen molar-refractivity contribution < 1.29 is 0 Å². The number of rotatable bonds is 1. The molecule has 0 saturated carbocycles. The van der Waals surface area contributed by atoms with Gasteiger partial charge in [-0.3, -0.25) is 5.32 Å². The van der Waals surface area contributed by atoms with Crippen LogP contribution in [0.2, 0.25) is 0 Å². The van der Waals surface area contributed by atoms with Crippen molar-refractivity contribution in [3.05, 3.63) is 29.4 Å². The molecule has 3 nitrogen and oxygen atoms in total. The van der Waals surface area contributed by atoms with Gasteiger partial charge in [-0.15, -0.1) is 5.10 Å². The van der Waals surface area contributed by atoms with Gasteiger partial charge < -0.3 is 0 Å². The first-order valence-corrected chi connectivity index (χ1v) is 3.59. The van der Waals surface area contributed by atoms with Crippen LogP contribution >= 0.6 is 11.5 Å². The van der Waals surface area contributed by atoms with Gasteiger partial charge in [0, 0.05) is 6.20 Å². The number of hydrogen-bond donors (Lipinski definition) is 0. The number of allylic oxidation sites excluding steroid dienone is 2. The van der Waals surface area contributed by atoms with Crippen molar-refractivity contribution in [1.29, 1.82) is 0 Å². The minimum Gasteiger partial charge on any atom is -0.255 e. The molecule has 0 fully saturated rings. The first kappa shape index (κ1) is 5.61. The smallest absolute Gasteiger partial charge is 0.0937 e. The molecule has 0 bridgehead atoms. The molecule has 0 amide bonds. The predicted molar refractivity (Wildman–Crippen MR) is 39.2 cm³/mol. The summed E-state index contributed by atoms with van der Waals surface area (Å²) in [6.45, 7) is 0. The van der Waals surface area contributed by atoms with Gasteiger partial charge in [-0.25, -0.2) is 0 Å². The Hall–Kier alpha value is -1.16. The van der Waals surface area contributed by atoms with Crippen LogP contribution in [0.3, 0.4) is 0 Å². The predicted octanol–water partition coefficient (Wildman–Crippen LogP) is 1.01. The lowest BCUT2D eigenvalue weighted by Crippen LogP contribution is -1.87. The van der Waals surface area contributed by atoms with Crippen LogP contribution in [-0.4, -0.2) is 9.59 Å². The van der Waals surface area contributed by atoms with Crippen molar-refractivity contribution in [3.63, 3.8) is 0 Å². The highest BCUT2D eigenvalue weighted by atomic mass is 32.1. The zero-order valence-electron chi connectivity index (χ0n) is 5.06. The van der Waals surface area contributed by atoms with Crippen LogP contribution in [0.1, 0.15) is 4.88 Å². The van der Waals surface area contributed by atoms with E-state index >= 15 is 0 Å². The molecular formula is C6H4N3S. The van der Waals surface area contributed by atoms with Gasteiger partial charge in [0.05, 0.1) is 16.8 Å². The maximum atomic E-state index is 4.09. The van der Waals surface area contributed by atoms with Crippen LogP contribution in [0.5, 0.6) is 0 Å². The number of hydrogen-bond acceptors (Lipinski definition) is 3. The van der Waals surface area contributed by atoms with Crippen molar-refractivity contribution in [1.82, 2.24) is 14.9 Å². The second-order valence-corrected chi connectivity index (χ2v) is 2.59. The summed E-state index contributed by atoms with van der Waals surface area (Å²) < 4.78 is 3.73. The molecule has 0 atom stereocenters. The minimum absolute atomic E-state index is 0.954. The van der Waals surface area contributed by atoms with Crippen molar-refractivity contribution in [2.24, 2.45) is 0 Å². The number of aromatic nitrogens is 2. The minimum atomic E-state index is 0.954. The van der Waals surface area contributed by atoms with E-state index in [1.807, 2.05) is 12.2 Å². The standard InChI is InChI=1S/C6H4N3S/c1-2-5(7-3-1)6-4-8-9-10-6/h1-4H. The van der Waals surface area contributed by atoms with E-state index in [1.165, 1.54) is 11.5 Å². The lowest BCUT2D eigenvalue weighted by Gasteiger charge is -1.90. The lowest BCUT2D eigenvalue weighted by molar-refractivity contribution is 1.15. The molecule has 0 unspecified atom stereocenters. The summed E-state index contributed by atoms with van der Waals surface area (Å²) in [5, 5.41) is 7.80. The van der Waals surface area contributed by atoms with Crippen LogP contribution < -0.4 is 5.32 Å². The van der Waals surface area contributed by atoms with E-state index in [2.05, 4.69) is 14.9 Å². The van der Waals surface area contributed by atoms with Gasteiger partial charge in [0.2, 0.25) is 0 Å². The van der Waals surface area contributed by atoms with Gasteiger partial charge in [0.25, 0.3) is 0 Å². The average Bonchev–Trinajstić information content (AvgIpc) is 2.59. The van der Waals surface area contributed by atoms with Crippen molar-refractivity contribution >= 4 is 17.2 Å². The van der Waals surface area contributed by atoms with Crippen LogP contribution in [0.4, 0.5) is 0 Å². The SMILES string of the molecule is C1=C[N]C(c2cnns2)=C1. The lowest BCUT2D eigenvalue weighted by atomic mass is 10.4. The maximum absolute atomic E-state index is 4.09. The average molecular weight is 150 g/mol. The molecule has 0 aromatic carbocycles. The van der Waals surface area contributed by atoms with Crippen LogP contribution in [0.15, 0.2) is 24.5 Å². The molecule has 1 radical (unpaired) electrons. The highest BCUT2D eigenvalue weighted by Gasteiger charge is 2.05. The number of nitrogens with zero attached hydrogens (tertiary/aromatic N) is 3. The van der Waals surface area contributed by atoms with Gasteiger partial charge in [-0.05, 0) is 23.7 Å². The van der Waals surface area contributed by atoms with E-state index in [9.17, 15) is 0 Å². The summed E-state index contributed by atoms with van der Waals surface area (Å²) in [7, 11) is 0. The maximum Gasteiger partial charge on any atom is 0.0937 e. The van der Waals surface area contributed by atoms with Crippen molar-refractivity contribution in [2.75, 3.05) is 0 Å². The molecular weight excluding hydrogens is 146 g/mol. The zero-order valence-corrected chi connectivity index (χ0v) is 5.88. The van der Waals surface area contributed by atoms with E-state index in [-0.39, 0.29) is 0 Å². The van der Waals surface area contributed by atoms with Crippen LogP contribution in [0, 0.1) is 0 Å². The van der Waals surface area contributed by atoms with E-state index in [4.69, 9.17) is 0 Å². The Morgan fingerprint density at radius 2 is 2.40 bits per heavy atom. The van der Waals surface area contributed by atoms with Gasteiger partial charge in [0.1, 0.15) is 0 Å². The quantitative estimate of drug-likeness (QED) is 0.599. The topological polar surface area (TPSA) is 39.9 Å². The highest BCUT2D eigenvalue weighted by molar-refractivity contribution is 7.06. The Morgan fingerprint density at radius 3 is 3.00 bits per heavy atom. The van der Waals surface area contributed by atoms with Gasteiger partial charge in [-0.1, -0.05) is 4.49 Å². The third-order valence-electron chi connectivity index (χ3n) is 1.17. The highest BCUT2D eigenvalue weighted by Crippen LogP contribution is 2.17. The Morgan fingerprint density at radius 1 is 1.40 bits per heavy atom. The van der Waals surface area contributed by atoms with E-state index in [0.717, 1.165) is 10.6 Å². The molecule has 1 aromatic heterocycles. The summed E-state index contributed by atoms with van der Waals surface area (Å²) in [5.41, 5.74) is 0.954. The van der Waals surface area contributed by atoms with Gasteiger partial charge in [-0.2, -0.15) is 0 Å². The third-order valence-corrected chi connectivity index (χ3v) is 1.85. The molecule has 49 valence electrons. The van der Waals surface area contributed by atoms with E-state index in [1.54, 1.807) is 12.4 Å². The largest absolute Gasteiger partial charge is 0.255 e. The molecule has 2 heterocycles. The molecule has 1 aliphatic rings. The molecule has 0 aliphatic carbocycles.